The predicted molar refractivity (Wildman–Crippen MR) is 140 cm³/mol. The van der Waals surface area contributed by atoms with Crippen molar-refractivity contribution in [2.45, 2.75) is 75.4 Å². The smallest absolute Gasteiger partial charge is 0.480 e. The van der Waals surface area contributed by atoms with Crippen LogP contribution in [0.2, 0.25) is 0 Å². The van der Waals surface area contributed by atoms with E-state index in [1.54, 1.807) is 13.8 Å². The van der Waals surface area contributed by atoms with Gasteiger partial charge in [0.2, 0.25) is 0 Å². The number of aliphatic hydroxyl groups is 1. The Labute approximate surface area is 220 Å². The van der Waals surface area contributed by atoms with Crippen molar-refractivity contribution in [1.82, 2.24) is 9.38 Å². The van der Waals surface area contributed by atoms with Gasteiger partial charge in [0.15, 0.2) is 0 Å². The summed E-state index contributed by atoms with van der Waals surface area (Å²) in [5.41, 5.74) is 4.07. The van der Waals surface area contributed by atoms with Crippen LogP contribution in [-0.4, -0.2) is 65.2 Å². The van der Waals surface area contributed by atoms with Gasteiger partial charge >= 0.3 is 12.3 Å². The number of rotatable bonds is 9. The molecule has 0 aromatic heterocycles. The van der Waals surface area contributed by atoms with Gasteiger partial charge in [0.05, 0.1) is 14.1 Å². The number of hydrogen-bond donors (Lipinski definition) is 2. The van der Waals surface area contributed by atoms with E-state index in [1.165, 1.54) is 47.2 Å². The maximum Gasteiger partial charge on any atom is 0.573 e. The Morgan fingerprint density at radius 3 is 2.35 bits per heavy atom. The number of alkyl halides is 3. The van der Waals surface area contributed by atoms with Gasteiger partial charge in [0.1, 0.15) is 16.2 Å². The van der Waals surface area contributed by atoms with Crippen LogP contribution in [0.1, 0.15) is 43.9 Å². The summed E-state index contributed by atoms with van der Waals surface area (Å²) in [6, 6.07) is 9.89. The summed E-state index contributed by atoms with van der Waals surface area (Å²) >= 11 is 1.35. The van der Waals surface area contributed by atoms with E-state index in [9.17, 15) is 28.2 Å². The number of aryl methyl sites for hydroxylation is 2. The average molecular weight is 542 g/mol. The molecule has 0 amide bonds. The number of nitrogens with zero attached hydrogens (tertiary/aromatic N) is 2. The van der Waals surface area contributed by atoms with E-state index in [0.29, 0.717) is 12.2 Å². The second-order valence-corrected chi connectivity index (χ2v) is 12.1. The SMILES string of the molecule is CCN(C1CCc2cc(SC(C)(C)C(=O)O)c(C)cc2C1)C(O)[N+](C)(C)c1ccc(OC(F)(F)F)cc1. The second kappa shape index (κ2) is 10.8. The third-order valence-corrected chi connectivity index (χ3v) is 8.37. The van der Waals surface area contributed by atoms with Crippen molar-refractivity contribution in [1.29, 1.82) is 0 Å². The highest BCUT2D eigenvalue weighted by atomic mass is 32.2. The summed E-state index contributed by atoms with van der Waals surface area (Å²) in [6.07, 6.45) is -3.30. The summed E-state index contributed by atoms with van der Waals surface area (Å²) in [4.78, 5) is 14.6. The van der Waals surface area contributed by atoms with Crippen molar-refractivity contribution >= 4 is 23.4 Å². The standard InChI is InChI=1S/C27H35F3N2O4S/c1-7-31(25(35)32(5,6)21-10-12-22(13-11-21)36-27(28,29)30)20-9-8-18-16-23(17(2)14-19(18)15-20)37-26(3,4)24(33)34/h10-14,16,20,25,35H,7-9,15H2,1-6H3/p+1. The van der Waals surface area contributed by atoms with Gasteiger partial charge in [0, 0.05) is 29.6 Å². The molecule has 2 atom stereocenters. The molecule has 0 bridgehead atoms. The van der Waals surface area contributed by atoms with Gasteiger partial charge in [-0.05, 0) is 74.9 Å². The Morgan fingerprint density at radius 1 is 1.19 bits per heavy atom. The number of quaternary nitrogens is 1. The van der Waals surface area contributed by atoms with Crippen LogP contribution in [-0.2, 0) is 17.6 Å². The van der Waals surface area contributed by atoms with Gasteiger partial charge in [-0.25, -0.2) is 4.90 Å². The van der Waals surface area contributed by atoms with Crippen LogP contribution in [0.3, 0.4) is 0 Å². The number of carboxylic acid groups (broad SMARTS) is 1. The van der Waals surface area contributed by atoms with E-state index in [-0.39, 0.29) is 16.3 Å². The maximum atomic E-state index is 12.5. The highest BCUT2D eigenvalue weighted by Gasteiger charge is 2.39. The number of halogens is 3. The van der Waals surface area contributed by atoms with E-state index < -0.39 is 23.4 Å². The third kappa shape index (κ3) is 6.79. The molecule has 0 heterocycles. The zero-order valence-corrected chi connectivity index (χ0v) is 22.9. The van der Waals surface area contributed by atoms with Gasteiger partial charge in [-0.1, -0.05) is 13.0 Å². The molecule has 0 spiro atoms. The Kier molecular flexibility index (Phi) is 8.58. The summed E-state index contributed by atoms with van der Waals surface area (Å²) in [5, 5.41) is 21.0. The number of ether oxygens (including phenoxy) is 1. The highest BCUT2D eigenvalue weighted by Crippen LogP contribution is 2.38. The molecule has 204 valence electrons. The first-order valence-electron chi connectivity index (χ1n) is 12.2. The van der Waals surface area contributed by atoms with Crippen molar-refractivity contribution < 1.29 is 32.9 Å². The largest absolute Gasteiger partial charge is 0.573 e. The first kappa shape index (κ1) is 29.3. The van der Waals surface area contributed by atoms with Gasteiger partial charge in [-0.15, -0.1) is 24.9 Å². The lowest BCUT2D eigenvalue weighted by molar-refractivity contribution is -0.274. The van der Waals surface area contributed by atoms with Crippen molar-refractivity contribution in [3.63, 3.8) is 0 Å². The molecule has 2 aromatic carbocycles. The number of aliphatic hydroxyl groups excluding tert-OH is 1. The normalized spacial score (nSPS) is 17.4. The van der Waals surface area contributed by atoms with Crippen LogP contribution in [0.25, 0.3) is 0 Å². The van der Waals surface area contributed by atoms with E-state index in [1.807, 2.05) is 32.8 Å². The summed E-state index contributed by atoms with van der Waals surface area (Å²) < 4.78 is 40.6. The van der Waals surface area contributed by atoms with E-state index in [4.69, 9.17) is 0 Å². The van der Waals surface area contributed by atoms with Crippen LogP contribution in [0.4, 0.5) is 18.9 Å². The van der Waals surface area contributed by atoms with Crippen molar-refractivity contribution in [3.8, 4) is 5.75 Å². The molecular formula is C27H36F3N2O4S+. The topological polar surface area (TPSA) is 70.0 Å². The summed E-state index contributed by atoms with van der Waals surface area (Å²) in [5.74, 6) is -1.16. The molecule has 0 aliphatic heterocycles. The van der Waals surface area contributed by atoms with Gasteiger partial charge in [0.25, 0.3) is 6.35 Å². The van der Waals surface area contributed by atoms with E-state index in [2.05, 4.69) is 16.9 Å². The minimum Gasteiger partial charge on any atom is -0.480 e. The zero-order chi connectivity index (χ0) is 27.8. The van der Waals surface area contributed by atoms with Crippen LogP contribution in [0, 0.1) is 6.92 Å². The maximum absolute atomic E-state index is 12.5. The molecule has 0 saturated carbocycles. The van der Waals surface area contributed by atoms with Crippen molar-refractivity contribution in [2.75, 3.05) is 20.6 Å². The van der Waals surface area contributed by atoms with Gasteiger partial charge in [-0.3, -0.25) is 9.28 Å². The first-order chi connectivity index (χ1) is 17.0. The Morgan fingerprint density at radius 2 is 1.81 bits per heavy atom. The Hall–Kier alpha value is -2.27. The molecule has 0 saturated heterocycles. The molecule has 1 aliphatic carbocycles. The fraction of sp³-hybridized carbons (Fsp3) is 0.519. The number of carbonyl (C=O) groups is 1. The first-order valence-corrected chi connectivity index (χ1v) is 13.1. The van der Waals surface area contributed by atoms with Gasteiger partial charge in [-0.2, -0.15) is 0 Å². The van der Waals surface area contributed by atoms with Crippen LogP contribution in [0.5, 0.6) is 5.75 Å². The van der Waals surface area contributed by atoms with Crippen LogP contribution in [0.15, 0.2) is 41.3 Å². The van der Waals surface area contributed by atoms with E-state index in [0.717, 1.165) is 29.7 Å². The molecular weight excluding hydrogens is 505 g/mol. The fourth-order valence-corrected chi connectivity index (χ4v) is 5.81. The molecule has 6 nitrogen and oxygen atoms in total. The number of thioether (sulfide) groups is 1. The number of fused-ring (bicyclic) bond motifs is 1. The molecule has 37 heavy (non-hydrogen) atoms. The molecule has 10 heteroatoms. The lowest BCUT2D eigenvalue weighted by Crippen LogP contribution is -2.61. The van der Waals surface area contributed by atoms with Crippen molar-refractivity contribution in [3.05, 3.63) is 53.1 Å². The average Bonchev–Trinajstić information content (AvgIpc) is 2.79. The number of hydrogen-bond acceptors (Lipinski definition) is 5. The van der Waals surface area contributed by atoms with E-state index >= 15 is 0 Å². The minimum atomic E-state index is -4.76. The van der Waals surface area contributed by atoms with Gasteiger partial charge < -0.3 is 14.9 Å². The highest BCUT2D eigenvalue weighted by molar-refractivity contribution is 8.01. The number of carboxylic acids is 1. The molecule has 0 radical (unpaired) electrons. The molecule has 2 N–H and O–H groups in total. The monoisotopic (exact) mass is 541 g/mol. The fourth-order valence-electron chi connectivity index (χ4n) is 4.75. The molecule has 2 unspecified atom stereocenters. The second-order valence-electron chi connectivity index (χ2n) is 10.5. The lowest BCUT2D eigenvalue weighted by Gasteiger charge is -2.44. The van der Waals surface area contributed by atoms with Crippen LogP contribution >= 0.6 is 11.8 Å². The molecule has 3 rings (SSSR count). The Bertz CT molecular complexity index is 1120. The molecule has 1 aliphatic rings. The lowest BCUT2D eigenvalue weighted by atomic mass is 9.86. The molecule has 2 aromatic rings. The number of likely N-dealkylation sites (N-methyl/N-ethyl adjacent to an activating group) is 1. The summed E-state index contributed by atoms with van der Waals surface area (Å²) in [7, 11) is 3.64. The van der Waals surface area contributed by atoms with Crippen molar-refractivity contribution in [2.24, 2.45) is 0 Å². The minimum absolute atomic E-state index is 0.0440. The predicted octanol–water partition coefficient (Wildman–Crippen LogP) is 5.57. The quantitative estimate of drug-likeness (QED) is 0.246. The third-order valence-electron chi connectivity index (χ3n) is 7.02. The zero-order valence-electron chi connectivity index (χ0n) is 22.1. The molecule has 0 fully saturated rings. The van der Waals surface area contributed by atoms with Crippen LogP contribution < -0.4 is 9.22 Å². The Balaban J connectivity index is 1.78. The number of aliphatic carboxylic acids is 1. The number of benzene rings is 2. The summed E-state index contributed by atoms with van der Waals surface area (Å²) in [6.45, 7) is 7.97.